The van der Waals surface area contributed by atoms with E-state index in [-0.39, 0.29) is 5.69 Å². The molecule has 0 radical (unpaired) electrons. The minimum absolute atomic E-state index is 0.0734. The van der Waals surface area contributed by atoms with Crippen molar-refractivity contribution in [1.29, 1.82) is 0 Å². The zero-order chi connectivity index (χ0) is 13.1. The summed E-state index contributed by atoms with van der Waals surface area (Å²) >= 11 is 0. The van der Waals surface area contributed by atoms with E-state index in [0.29, 0.717) is 35.7 Å². The fraction of sp³-hybridized carbons (Fsp3) is 0.250. The molecule has 1 aromatic carbocycles. The molecular weight excluding hydrogens is 234 g/mol. The molecule has 94 valence electrons. The van der Waals surface area contributed by atoms with Gasteiger partial charge < -0.3 is 10.2 Å². The predicted molar refractivity (Wildman–Crippen MR) is 66.1 cm³/mol. The van der Waals surface area contributed by atoms with E-state index in [1.54, 1.807) is 25.3 Å². The highest BCUT2D eigenvalue weighted by Crippen LogP contribution is 2.30. The first-order valence-electron chi connectivity index (χ1n) is 5.52. The van der Waals surface area contributed by atoms with Crippen molar-refractivity contribution in [2.24, 2.45) is 5.73 Å². The molecule has 0 aliphatic rings. The van der Waals surface area contributed by atoms with Gasteiger partial charge in [-0.1, -0.05) is 12.1 Å². The molecule has 18 heavy (non-hydrogen) atoms. The van der Waals surface area contributed by atoms with E-state index < -0.39 is 4.92 Å². The first-order valence-corrected chi connectivity index (χ1v) is 5.52. The second-order valence-electron chi connectivity index (χ2n) is 3.86. The van der Waals surface area contributed by atoms with Gasteiger partial charge in [-0.05, 0) is 6.92 Å². The summed E-state index contributed by atoms with van der Waals surface area (Å²) in [6.07, 6.45) is 2.12. The van der Waals surface area contributed by atoms with Crippen molar-refractivity contribution in [1.82, 2.24) is 4.98 Å². The highest BCUT2D eigenvalue weighted by atomic mass is 16.6. The fourth-order valence-electron chi connectivity index (χ4n) is 1.76. The summed E-state index contributed by atoms with van der Waals surface area (Å²) in [5.74, 6) is 1.07. The minimum Gasteiger partial charge on any atom is -0.441 e. The van der Waals surface area contributed by atoms with Gasteiger partial charge in [0.05, 0.1) is 11.1 Å². The first kappa shape index (κ1) is 12.3. The van der Waals surface area contributed by atoms with Gasteiger partial charge in [0, 0.05) is 30.2 Å². The Bertz CT molecular complexity index is 578. The van der Waals surface area contributed by atoms with Crippen molar-refractivity contribution in [2.45, 2.75) is 13.3 Å². The predicted octanol–water partition coefficient (Wildman–Crippen LogP) is 2.06. The van der Waals surface area contributed by atoms with E-state index in [9.17, 15) is 10.1 Å². The van der Waals surface area contributed by atoms with Crippen LogP contribution in [-0.4, -0.2) is 16.5 Å². The Morgan fingerprint density at radius 1 is 1.50 bits per heavy atom. The van der Waals surface area contributed by atoms with Crippen LogP contribution in [0, 0.1) is 17.0 Å². The molecule has 0 amide bonds. The molecule has 0 fully saturated rings. The molecule has 1 aromatic heterocycles. The molecule has 2 N–H and O–H groups in total. The van der Waals surface area contributed by atoms with Crippen LogP contribution in [0.1, 0.15) is 11.5 Å². The molecule has 1 heterocycles. The average Bonchev–Trinajstić information content (AvgIpc) is 2.78. The number of nitrogens with two attached hydrogens (primary N) is 1. The normalized spacial score (nSPS) is 10.6. The molecule has 0 aliphatic carbocycles. The van der Waals surface area contributed by atoms with Crippen LogP contribution in [-0.2, 0) is 6.42 Å². The van der Waals surface area contributed by atoms with E-state index >= 15 is 0 Å². The molecule has 0 spiro atoms. The summed E-state index contributed by atoms with van der Waals surface area (Å²) in [6, 6.07) is 4.87. The molecule has 6 heteroatoms. The second-order valence-corrected chi connectivity index (χ2v) is 3.86. The third-order valence-electron chi connectivity index (χ3n) is 2.68. The van der Waals surface area contributed by atoms with Crippen LogP contribution in [0.15, 0.2) is 28.8 Å². The lowest BCUT2D eigenvalue weighted by Crippen LogP contribution is -2.02. The first-order chi connectivity index (χ1) is 8.63. The van der Waals surface area contributed by atoms with Crippen LogP contribution < -0.4 is 5.73 Å². The molecule has 2 rings (SSSR count). The van der Waals surface area contributed by atoms with Gasteiger partial charge in [-0.25, -0.2) is 4.98 Å². The largest absolute Gasteiger partial charge is 0.441 e. The van der Waals surface area contributed by atoms with Crippen LogP contribution in [0.25, 0.3) is 11.3 Å². The highest BCUT2D eigenvalue weighted by Gasteiger charge is 2.16. The molecular formula is C12H13N3O3. The topological polar surface area (TPSA) is 95.2 Å². The Kier molecular flexibility index (Phi) is 3.38. The van der Waals surface area contributed by atoms with Crippen LogP contribution >= 0.6 is 0 Å². The Hall–Kier alpha value is -2.21. The van der Waals surface area contributed by atoms with Gasteiger partial charge in [-0.3, -0.25) is 10.1 Å². The van der Waals surface area contributed by atoms with Crippen LogP contribution in [0.4, 0.5) is 5.69 Å². The van der Waals surface area contributed by atoms with Crippen LogP contribution in [0.5, 0.6) is 0 Å². The third-order valence-corrected chi connectivity index (χ3v) is 2.68. The lowest BCUT2D eigenvalue weighted by molar-refractivity contribution is -0.385. The molecule has 0 bridgehead atoms. The van der Waals surface area contributed by atoms with Crippen molar-refractivity contribution < 1.29 is 9.34 Å². The maximum absolute atomic E-state index is 10.9. The van der Waals surface area contributed by atoms with Crippen LogP contribution in [0.3, 0.4) is 0 Å². The molecule has 0 atom stereocenters. The second kappa shape index (κ2) is 4.97. The summed E-state index contributed by atoms with van der Waals surface area (Å²) in [5.41, 5.74) is 6.73. The van der Waals surface area contributed by atoms with Gasteiger partial charge in [-0.2, -0.15) is 0 Å². The zero-order valence-corrected chi connectivity index (χ0v) is 9.92. The maximum Gasteiger partial charge on any atom is 0.273 e. The van der Waals surface area contributed by atoms with Gasteiger partial charge in [0.1, 0.15) is 0 Å². The summed E-state index contributed by atoms with van der Waals surface area (Å²) < 4.78 is 5.51. The summed E-state index contributed by atoms with van der Waals surface area (Å²) in [6.45, 7) is 2.15. The minimum atomic E-state index is -0.407. The Balaban J connectivity index is 2.43. The Labute approximate surface area is 104 Å². The summed E-state index contributed by atoms with van der Waals surface area (Å²) in [5, 5.41) is 10.9. The Morgan fingerprint density at radius 3 is 2.94 bits per heavy atom. The molecule has 0 unspecified atom stereocenters. The number of aromatic nitrogens is 1. The molecule has 2 aromatic rings. The third kappa shape index (κ3) is 2.23. The quantitative estimate of drug-likeness (QED) is 0.659. The van der Waals surface area contributed by atoms with Gasteiger partial charge in [0.15, 0.2) is 11.7 Å². The van der Waals surface area contributed by atoms with E-state index in [2.05, 4.69) is 4.98 Å². The molecule has 0 saturated heterocycles. The highest BCUT2D eigenvalue weighted by molar-refractivity contribution is 5.66. The number of nitro groups is 1. The number of nitrogens with zero attached hydrogens (tertiary/aromatic N) is 2. The molecule has 0 aliphatic heterocycles. The lowest BCUT2D eigenvalue weighted by atomic mass is 10.1. The summed E-state index contributed by atoms with van der Waals surface area (Å²) in [7, 11) is 0. The van der Waals surface area contributed by atoms with Crippen molar-refractivity contribution in [3.8, 4) is 11.3 Å². The smallest absolute Gasteiger partial charge is 0.273 e. The number of rotatable bonds is 4. The molecule has 6 nitrogen and oxygen atoms in total. The van der Waals surface area contributed by atoms with Gasteiger partial charge in [-0.15, -0.1) is 0 Å². The van der Waals surface area contributed by atoms with Crippen molar-refractivity contribution >= 4 is 5.69 Å². The monoisotopic (exact) mass is 247 g/mol. The van der Waals surface area contributed by atoms with Gasteiger partial charge in [0.2, 0.25) is 0 Å². The standard InChI is InChI=1S/C12H13N3O3/c1-8-9(3-2-4-10(8)15(16)17)11-7-14-12(18-11)5-6-13/h2-4,7H,5-6,13H2,1H3. The van der Waals surface area contributed by atoms with E-state index in [1.807, 2.05) is 0 Å². The van der Waals surface area contributed by atoms with E-state index in [4.69, 9.17) is 10.2 Å². The molecule has 0 saturated carbocycles. The number of hydrogen-bond acceptors (Lipinski definition) is 5. The van der Waals surface area contributed by atoms with Crippen LogP contribution in [0.2, 0.25) is 0 Å². The number of oxazole rings is 1. The zero-order valence-electron chi connectivity index (χ0n) is 9.92. The average molecular weight is 247 g/mol. The van der Waals surface area contributed by atoms with E-state index in [1.165, 1.54) is 6.07 Å². The maximum atomic E-state index is 10.9. The Morgan fingerprint density at radius 2 is 2.28 bits per heavy atom. The van der Waals surface area contributed by atoms with E-state index in [0.717, 1.165) is 0 Å². The lowest BCUT2D eigenvalue weighted by Gasteiger charge is -2.02. The number of hydrogen-bond donors (Lipinski definition) is 1. The number of benzene rings is 1. The van der Waals surface area contributed by atoms with Crippen molar-refractivity contribution in [2.75, 3.05) is 6.54 Å². The SMILES string of the molecule is Cc1c(-c2cnc(CCN)o2)cccc1[N+](=O)[O-]. The van der Waals surface area contributed by atoms with Gasteiger partial charge in [0.25, 0.3) is 5.69 Å². The fourth-order valence-corrected chi connectivity index (χ4v) is 1.76. The van der Waals surface area contributed by atoms with Gasteiger partial charge >= 0.3 is 0 Å². The van der Waals surface area contributed by atoms with Crippen molar-refractivity contribution in [3.63, 3.8) is 0 Å². The van der Waals surface area contributed by atoms with Crippen molar-refractivity contribution in [3.05, 3.63) is 46.0 Å². The number of nitro benzene ring substituents is 1. The summed E-state index contributed by atoms with van der Waals surface area (Å²) in [4.78, 5) is 14.5.